The number of methoxy groups -OCH3 is 1. The van der Waals surface area contributed by atoms with Gasteiger partial charge in [0.1, 0.15) is 18.9 Å². The van der Waals surface area contributed by atoms with E-state index in [0.29, 0.717) is 13.2 Å². The maximum absolute atomic E-state index is 8.51. The lowest BCUT2D eigenvalue weighted by Crippen LogP contribution is -2.37. The van der Waals surface area contributed by atoms with Crippen LogP contribution >= 0.6 is 0 Å². The van der Waals surface area contributed by atoms with E-state index in [1.54, 1.807) is 7.11 Å². The summed E-state index contributed by atoms with van der Waals surface area (Å²) < 4.78 is 9.23. The summed E-state index contributed by atoms with van der Waals surface area (Å²) in [5.74, 6) is 1.20. The Balaban J connectivity index is 2.79. The maximum Gasteiger partial charge on any atom is 0.258 e. The molecule has 1 rings (SSSR count). The van der Waals surface area contributed by atoms with Crippen LogP contribution in [0.3, 0.4) is 0 Å². The highest BCUT2D eigenvalue weighted by Crippen LogP contribution is 1.98. The van der Waals surface area contributed by atoms with E-state index in [1.807, 2.05) is 12.4 Å². The molecule has 14 heavy (non-hydrogen) atoms. The van der Waals surface area contributed by atoms with Gasteiger partial charge in [-0.2, -0.15) is 5.26 Å². The van der Waals surface area contributed by atoms with Crippen LogP contribution in [0.1, 0.15) is 19.2 Å². The normalized spacial score (nSPS) is 10.1. The molecule has 0 radical (unpaired) electrons. The Labute approximate surface area is 84.3 Å². The van der Waals surface area contributed by atoms with Crippen LogP contribution in [-0.4, -0.2) is 11.7 Å². The molecule has 0 spiro atoms. The first-order valence-corrected chi connectivity index (χ1v) is 4.76. The van der Waals surface area contributed by atoms with E-state index >= 15 is 0 Å². The molecule has 0 aliphatic carbocycles. The Morgan fingerprint density at radius 2 is 2.43 bits per heavy atom. The zero-order chi connectivity index (χ0) is 10.4. The molecule has 0 saturated heterocycles. The van der Waals surface area contributed by atoms with Gasteiger partial charge in [-0.1, -0.05) is 6.92 Å². The van der Waals surface area contributed by atoms with Crippen molar-refractivity contribution in [3.8, 4) is 6.07 Å². The molecular weight excluding hydrogens is 178 g/mol. The molecule has 0 N–H and O–H groups in total. The monoisotopic (exact) mass is 194 g/mol. The van der Waals surface area contributed by atoms with Gasteiger partial charge in [0.05, 0.1) is 12.5 Å². The smallest absolute Gasteiger partial charge is 0.258 e. The molecule has 4 nitrogen and oxygen atoms in total. The van der Waals surface area contributed by atoms with Gasteiger partial charge in [0.15, 0.2) is 6.73 Å². The van der Waals surface area contributed by atoms with E-state index < -0.39 is 0 Å². The van der Waals surface area contributed by atoms with Crippen LogP contribution in [0.2, 0.25) is 0 Å². The van der Waals surface area contributed by atoms with Crippen molar-refractivity contribution in [1.29, 1.82) is 5.26 Å². The molecule has 0 saturated carbocycles. The Hall–Kier alpha value is -1.34. The summed E-state index contributed by atoms with van der Waals surface area (Å²) in [5, 5.41) is 8.51. The molecule has 0 aliphatic heterocycles. The third-order valence-electron chi connectivity index (χ3n) is 2.14. The van der Waals surface area contributed by atoms with Gasteiger partial charge >= 0.3 is 0 Å². The Morgan fingerprint density at radius 1 is 1.64 bits per heavy atom. The van der Waals surface area contributed by atoms with E-state index in [1.165, 1.54) is 5.82 Å². The Bertz CT molecular complexity index is 325. The van der Waals surface area contributed by atoms with Gasteiger partial charge < -0.3 is 4.74 Å². The topological polar surface area (TPSA) is 41.8 Å². The summed E-state index contributed by atoms with van der Waals surface area (Å²) in [4.78, 5) is 0. The van der Waals surface area contributed by atoms with Crippen molar-refractivity contribution in [2.45, 2.75) is 33.0 Å². The molecule has 76 valence electrons. The summed E-state index contributed by atoms with van der Waals surface area (Å²) in [6, 6.07) is 2.15. The average molecular weight is 194 g/mol. The molecule has 1 aromatic rings. The fourth-order valence-corrected chi connectivity index (χ4v) is 1.53. The molecular formula is C10H16N3O+. The minimum Gasteiger partial charge on any atom is -0.345 e. The number of ether oxygens (including phenoxy) is 1. The van der Waals surface area contributed by atoms with Crippen molar-refractivity contribution in [1.82, 2.24) is 4.57 Å². The molecule has 0 fully saturated rings. The van der Waals surface area contributed by atoms with Crippen molar-refractivity contribution >= 4 is 0 Å². The fourth-order valence-electron chi connectivity index (χ4n) is 1.53. The van der Waals surface area contributed by atoms with Gasteiger partial charge in [-0.05, 0) is 0 Å². The third kappa shape index (κ3) is 2.33. The van der Waals surface area contributed by atoms with Crippen molar-refractivity contribution in [3.63, 3.8) is 0 Å². The second kappa shape index (κ2) is 5.40. The van der Waals surface area contributed by atoms with E-state index in [4.69, 9.17) is 10.00 Å². The standard InChI is InChI=1S/C10H16N3O/c1-3-10-12(6-4-5-11)7-8-13(10)9-14-2/h7-8H,3-4,6,9H2,1-2H3/q+1. The lowest BCUT2D eigenvalue weighted by atomic mass is 10.4. The Morgan fingerprint density at radius 3 is 3.00 bits per heavy atom. The first-order chi connectivity index (χ1) is 6.83. The number of nitriles is 1. The molecule has 4 heteroatoms. The number of aromatic nitrogens is 2. The summed E-state index contributed by atoms with van der Waals surface area (Å²) >= 11 is 0. The molecule has 0 aliphatic rings. The molecule has 0 bridgehead atoms. The molecule has 0 atom stereocenters. The van der Waals surface area contributed by atoms with Crippen LogP contribution in [0.4, 0.5) is 0 Å². The fraction of sp³-hybridized carbons (Fsp3) is 0.600. The zero-order valence-corrected chi connectivity index (χ0v) is 8.73. The highest BCUT2D eigenvalue weighted by atomic mass is 16.5. The number of hydrogen-bond acceptors (Lipinski definition) is 2. The van der Waals surface area contributed by atoms with E-state index in [0.717, 1.165) is 13.0 Å². The Kier molecular flexibility index (Phi) is 4.14. The van der Waals surface area contributed by atoms with E-state index in [-0.39, 0.29) is 0 Å². The predicted octanol–water partition coefficient (Wildman–Crippen LogP) is 0.856. The van der Waals surface area contributed by atoms with Gasteiger partial charge in [-0.3, -0.25) is 0 Å². The van der Waals surface area contributed by atoms with Crippen molar-refractivity contribution in [2.75, 3.05) is 7.11 Å². The highest BCUT2D eigenvalue weighted by molar-refractivity contribution is 4.84. The molecule has 0 aromatic carbocycles. The highest BCUT2D eigenvalue weighted by Gasteiger charge is 2.13. The lowest BCUT2D eigenvalue weighted by Gasteiger charge is -2.00. The van der Waals surface area contributed by atoms with Gasteiger partial charge in [-0.25, -0.2) is 9.13 Å². The third-order valence-corrected chi connectivity index (χ3v) is 2.14. The largest absolute Gasteiger partial charge is 0.345 e. The van der Waals surface area contributed by atoms with Crippen LogP contribution in [0.5, 0.6) is 0 Å². The number of nitrogens with zero attached hydrogens (tertiary/aromatic N) is 3. The zero-order valence-electron chi connectivity index (χ0n) is 8.73. The number of imidazole rings is 1. The summed E-state index contributed by atoms with van der Waals surface area (Å²) in [6.07, 6.45) is 5.48. The van der Waals surface area contributed by atoms with Crippen LogP contribution in [0.15, 0.2) is 12.4 Å². The average Bonchev–Trinajstić information content (AvgIpc) is 2.58. The summed E-state index contributed by atoms with van der Waals surface area (Å²) in [5.41, 5.74) is 0. The summed E-state index contributed by atoms with van der Waals surface area (Å²) in [7, 11) is 1.68. The van der Waals surface area contributed by atoms with E-state index in [9.17, 15) is 0 Å². The van der Waals surface area contributed by atoms with Crippen LogP contribution in [0, 0.1) is 11.3 Å². The second-order valence-electron chi connectivity index (χ2n) is 3.06. The van der Waals surface area contributed by atoms with Gasteiger partial charge in [-0.15, -0.1) is 0 Å². The summed E-state index contributed by atoms with van der Waals surface area (Å²) in [6.45, 7) is 3.43. The minimum absolute atomic E-state index is 0.550. The number of hydrogen-bond donors (Lipinski definition) is 0. The van der Waals surface area contributed by atoms with Crippen LogP contribution < -0.4 is 4.57 Å². The van der Waals surface area contributed by atoms with Crippen molar-refractivity contribution < 1.29 is 9.30 Å². The SMILES string of the molecule is CCc1n(CCC#N)cc[n+]1COC. The molecule has 0 unspecified atom stereocenters. The number of aryl methyl sites for hydroxylation is 1. The first kappa shape index (κ1) is 10.7. The van der Waals surface area contributed by atoms with Gasteiger partial charge in [0.25, 0.3) is 5.82 Å². The first-order valence-electron chi connectivity index (χ1n) is 4.76. The second-order valence-corrected chi connectivity index (χ2v) is 3.06. The molecule has 1 aromatic heterocycles. The van der Waals surface area contributed by atoms with E-state index in [2.05, 4.69) is 22.1 Å². The molecule has 1 heterocycles. The van der Waals surface area contributed by atoms with Gasteiger partial charge in [0, 0.05) is 13.5 Å². The maximum atomic E-state index is 8.51. The molecule has 0 amide bonds. The van der Waals surface area contributed by atoms with Crippen LogP contribution in [0.25, 0.3) is 0 Å². The quantitative estimate of drug-likeness (QED) is 0.652. The number of rotatable bonds is 5. The predicted molar refractivity (Wildman–Crippen MR) is 51.2 cm³/mol. The van der Waals surface area contributed by atoms with Crippen molar-refractivity contribution in [2.24, 2.45) is 0 Å². The minimum atomic E-state index is 0.550. The van der Waals surface area contributed by atoms with Gasteiger partial charge in [0.2, 0.25) is 0 Å². The lowest BCUT2D eigenvalue weighted by molar-refractivity contribution is -0.737. The van der Waals surface area contributed by atoms with Crippen molar-refractivity contribution in [3.05, 3.63) is 18.2 Å². The van der Waals surface area contributed by atoms with Crippen LogP contribution in [-0.2, 0) is 24.4 Å².